The van der Waals surface area contributed by atoms with E-state index < -0.39 is 0 Å². The summed E-state index contributed by atoms with van der Waals surface area (Å²) in [4.78, 5) is 11.5. The van der Waals surface area contributed by atoms with Gasteiger partial charge in [0.15, 0.2) is 0 Å². The van der Waals surface area contributed by atoms with E-state index in [1.165, 1.54) is 18.3 Å². The van der Waals surface area contributed by atoms with E-state index in [0.29, 0.717) is 0 Å². The van der Waals surface area contributed by atoms with E-state index in [-0.39, 0.29) is 11.4 Å². The Morgan fingerprint density at radius 3 is 2.46 bits per heavy atom. The van der Waals surface area contributed by atoms with Gasteiger partial charge in [-0.05, 0) is 40.0 Å². The zero-order chi connectivity index (χ0) is 10.1. The Labute approximate surface area is 80.0 Å². The molecule has 0 N–H and O–H groups in total. The van der Waals surface area contributed by atoms with Gasteiger partial charge in [-0.3, -0.25) is 4.79 Å². The third kappa shape index (κ3) is 1.93. The third-order valence-electron chi connectivity index (χ3n) is 3.11. The molecule has 0 aromatic heterocycles. The molecule has 2 nitrogen and oxygen atoms in total. The Kier molecular flexibility index (Phi) is 2.79. The lowest BCUT2D eigenvalue weighted by molar-refractivity contribution is -0.152. The van der Waals surface area contributed by atoms with E-state index in [1.54, 1.807) is 0 Å². The van der Waals surface area contributed by atoms with Crippen LogP contribution in [0.4, 0.5) is 0 Å². The van der Waals surface area contributed by atoms with Gasteiger partial charge in [-0.1, -0.05) is 11.1 Å². The van der Waals surface area contributed by atoms with E-state index >= 15 is 0 Å². The summed E-state index contributed by atoms with van der Waals surface area (Å²) < 4.78 is 4.81. The molecule has 0 amide bonds. The van der Waals surface area contributed by atoms with Gasteiger partial charge < -0.3 is 4.74 Å². The molecule has 1 atom stereocenters. The van der Waals surface area contributed by atoms with Crippen molar-refractivity contribution in [2.24, 2.45) is 5.41 Å². The Morgan fingerprint density at radius 2 is 2.00 bits per heavy atom. The number of hydrogen-bond acceptors (Lipinski definition) is 2. The van der Waals surface area contributed by atoms with Crippen LogP contribution in [0.3, 0.4) is 0 Å². The maximum atomic E-state index is 11.5. The highest BCUT2D eigenvalue weighted by Crippen LogP contribution is 2.39. The fraction of sp³-hybridized carbons (Fsp3) is 0.727. The van der Waals surface area contributed by atoms with E-state index in [1.807, 2.05) is 6.92 Å². The second-order valence-electron chi connectivity index (χ2n) is 4.29. The van der Waals surface area contributed by atoms with Gasteiger partial charge in [0.25, 0.3) is 0 Å². The van der Waals surface area contributed by atoms with Crippen LogP contribution in [-0.2, 0) is 9.53 Å². The first-order chi connectivity index (χ1) is 5.99. The lowest BCUT2D eigenvalue weighted by Gasteiger charge is -2.32. The molecule has 0 heterocycles. The number of rotatable bonds is 1. The Bertz CT molecular complexity index is 253. The fourth-order valence-corrected chi connectivity index (χ4v) is 1.92. The number of esters is 1. The van der Waals surface area contributed by atoms with Crippen LogP contribution in [0.25, 0.3) is 0 Å². The van der Waals surface area contributed by atoms with Gasteiger partial charge in [-0.15, -0.1) is 0 Å². The van der Waals surface area contributed by atoms with Crippen molar-refractivity contribution in [1.82, 2.24) is 0 Å². The van der Waals surface area contributed by atoms with Gasteiger partial charge >= 0.3 is 5.97 Å². The van der Waals surface area contributed by atoms with Crippen LogP contribution in [0.5, 0.6) is 0 Å². The summed E-state index contributed by atoms with van der Waals surface area (Å²) in [5, 5.41) is 0. The molecule has 0 saturated carbocycles. The minimum absolute atomic E-state index is 0.0700. The largest absolute Gasteiger partial charge is 0.469 e. The molecule has 0 unspecified atom stereocenters. The summed E-state index contributed by atoms with van der Waals surface area (Å²) >= 11 is 0. The van der Waals surface area contributed by atoms with E-state index in [4.69, 9.17) is 4.74 Å². The van der Waals surface area contributed by atoms with Gasteiger partial charge in [-0.2, -0.15) is 0 Å². The molecular formula is C11H18O2. The molecule has 0 radical (unpaired) electrons. The summed E-state index contributed by atoms with van der Waals surface area (Å²) in [7, 11) is 1.47. The van der Waals surface area contributed by atoms with Crippen LogP contribution in [0.15, 0.2) is 11.1 Å². The molecule has 0 aliphatic heterocycles. The summed E-state index contributed by atoms with van der Waals surface area (Å²) in [6.45, 7) is 6.25. The highest BCUT2D eigenvalue weighted by Gasteiger charge is 2.36. The van der Waals surface area contributed by atoms with Crippen LogP contribution in [0.2, 0.25) is 0 Å². The van der Waals surface area contributed by atoms with Gasteiger partial charge in [0.2, 0.25) is 0 Å². The maximum absolute atomic E-state index is 11.5. The molecule has 0 aromatic rings. The molecule has 0 spiro atoms. The van der Waals surface area contributed by atoms with E-state index in [2.05, 4.69) is 13.8 Å². The Morgan fingerprint density at radius 1 is 1.38 bits per heavy atom. The first-order valence-corrected chi connectivity index (χ1v) is 4.73. The molecule has 0 saturated heterocycles. The first-order valence-electron chi connectivity index (χ1n) is 4.73. The monoisotopic (exact) mass is 182 g/mol. The standard InChI is InChI=1S/C11H18O2/c1-8-5-6-11(3,7-9(8)2)10(12)13-4/h5-7H2,1-4H3/t11-/m1/s1. The predicted molar refractivity (Wildman–Crippen MR) is 52.3 cm³/mol. The van der Waals surface area contributed by atoms with Crippen LogP contribution in [-0.4, -0.2) is 13.1 Å². The van der Waals surface area contributed by atoms with Gasteiger partial charge in [-0.25, -0.2) is 0 Å². The Hall–Kier alpha value is -0.790. The molecule has 13 heavy (non-hydrogen) atoms. The van der Waals surface area contributed by atoms with Gasteiger partial charge in [0.05, 0.1) is 12.5 Å². The fourth-order valence-electron chi connectivity index (χ4n) is 1.92. The SMILES string of the molecule is COC(=O)[C@]1(C)CCC(C)=C(C)C1. The zero-order valence-electron chi connectivity index (χ0n) is 8.94. The predicted octanol–water partition coefficient (Wildman–Crippen LogP) is 2.69. The van der Waals surface area contributed by atoms with Gasteiger partial charge in [0.1, 0.15) is 0 Å². The number of ether oxygens (including phenoxy) is 1. The van der Waals surface area contributed by atoms with Crippen LogP contribution < -0.4 is 0 Å². The lowest BCUT2D eigenvalue weighted by Crippen LogP contribution is -2.31. The highest BCUT2D eigenvalue weighted by atomic mass is 16.5. The van der Waals surface area contributed by atoms with Crippen molar-refractivity contribution >= 4 is 5.97 Å². The summed E-state index contributed by atoms with van der Waals surface area (Å²) in [6.07, 6.45) is 2.80. The molecule has 2 heteroatoms. The van der Waals surface area contributed by atoms with Crippen LogP contribution in [0, 0.1) is 5.41 Å². The second-order valence-corrected chi connectivity index (χ2v) is 4.29. The third-order valence-corrected chi connectivity index (χ3v) is 3.11. The molecule has 1 aliphatic carbocycles. The van der Waals surface area contributed by atoms with Crippen molar-refractivity contribution in [3.8, 4) is 0 Å². The number of allylic oxidation sites excluding steroid dienone is 2. The van der Waals surface area contributed by atoms with Gasteiger partial charge in [0, 0.05) is 0 Å². The van der Waals surface area contributed by atoms with E-state index in [9.17, 15) is 4.79 Å². The summed E-state index contributed by atoms with van der Waals surface area (Å²) in [5.41, 5.74) is 2.50. The molecule has 1 rings (SSSR count). The summed E-state index contributed by atoms with van der Waals surface area (Å²) in [6, 6.07) is 0. The molecule has 74 valence electrons. The van der Waals surface area contributed by atoms with Crippen molar-refractivity contribution in [2.75, 3.05) is 7.11 Å². The van der Waals surface area contributed by atoms with E-state index in [0.717, 1.165) is 19.3 Å². The molecular weight excluding hydrogens is 164 g/mol. The minimum Gasteiger partial charge on any atom is -0.469 e. The number of carbonyl (C=O) groups is 1. The second kappa shape index (κ2) is 3.52. The lowest BCUT2D eigenvalue weighted by atomic mass is 9.73. The molecule has 0 aromatic carbocycles. The minimum atomic E-state index is -0.279. The molecule has 0 fully saturated rings. The van der Waals surface area contributed by atoms with Crippen molar-refractivity contribution < 1.29 is 9.53 Å². The highest BCUT2D eigenvalue weighted by molar-refractivity contribution is 5.77. The molecule has 0 bridgehead atoms. The van der Waals surface area contributed by atoms with Crippen molar-refractivity contribution in [2.45, 2.75) is 40.0 Å². The van der Waals surface area contributed by atoms with Crippen LogP contribution in [0.1, 0.15) is 40.0 Å². The summed E-state index contributed by atoms with van der Waals surface area (Å²) in [5.74, 6) is -0.0700. The maximum Gasteiger partial charge on any atom is 0.311 e. The first kappa shape index (κ1) is 10.3. The Balaban J connectivity index is 2.81. The van der Waals surface area contributed by atoms with Crippen LogP contribution >= 0.6 is 0 Å². The topological polar surface area (TPSA) is 26.3 Å². The van der Waals surface area contributed by atoms with Crippen molar-refractivity contribution in [1.29, 1.82) is 0 Å². The average Bonchev–Trinajstić information content (AvgIpc) is 2.11. The smallest absolute Gasteiger partial charge is 0.311 e. The normalized spacial score (nSPS) is 28.9. The number of methoxy groups -OCH3 is 1. The average molecular weight is 182 g/mol. The quantitative estimate of drug-likeness (QED) is 0.460. The van der Waals surface area contributed by atoms with Crippen molar-refractivity contribution in [3.63, 3.8) is 0 Å². The number of carbonyl (C=O) groups excluding carboxylic acids is 1. The molecule has 1 aliphatic rings. The van der Waals surface area contributed by atoms with Crippen molar-refractivity contribution in [3.05, 3.63) is 11.1 Å². The zero-order valence-corrected chi connectivity index (χ0v) is 8.94. The number of hydrogen-bond donors (Lipinski definition) is 0.